The van der Waals surface area contributed by atoms with Gasteiger partial charge in [0.2, 0.25) is 0 Å². The van der Waals surface area contributed by atoms with Crippen LogP contribution in [0.25, 0.3) is 21.5 Å². The minimum absolute atomic E-state index is 0.190. The molecule has 0 saturated carbocycles. The van der Waals surface area contributed by atoms with E-state index in [2.05, 4.69) is 0 Å². The molecule has 0 aliphatic heterocycles. The highest BCUT2D eigenvalue weighted by molar-refractivity contribution is 6.10. The number of fused-ring (bicyclic) bond motifs is 5. The van der Waals surface area contributed by atoms with Crippen LogP contribution in [0.5, 0.6) is 0 Å². The first-order chi connectivity index (χ1) is 11.0. The Bertz CT molecular complexity index is 912. The van der Waals surface area contributed by atoms with Gasteiger partial charge in [-0.05, 0) is 58.0 Å². The first-order valence-electron chi connectivity index (χ1n) is 7.77. The van der Waals surface area contributed by atoms with Crippen molar-refractivity contribution in [3.63, 3.8) is 0 Å². The summed E-state index contributed by atoms with van der Waals surface area (Å²) in [6, 6.07) is 11.8. The Balaban J connectivity index is 2.19. The second kappa shape index (κ2) is 4.96. The minimum atomic E-state index is -4.38. The van der Waals surface area contributed by atoms with Crippen molar-refractivity contribution in [2.45, 2.75) is 31.5 Å². The molecule has 1 aliphatic carbocycles. The van der Waals surface area contributed by atoms with Crippen LogP contribution in [0.4, 0.5) is 13.2 Å². The van der Waals surface area contributed by atoms with Crippen LogP contribution < -0.4 is 5.73 Å². The lowest BCUT2D eigenvalue weighted by Gasteiger charge is -2.25. The number of hydrogen-bond donors (Lipinski definition) is 1. The standard InChI is InChI=1S/C19H16F3N/c20-19(21,22)16-10-15-13(12-5-1-2-6-14(12)16)9-8-11-4-3-7-17(23)18(11)15/h1-2,5-6,8-10,17H,3-4,7,23H2. The maximum absolute atomic E-state index is 13.5. The smallest absolute Gasteiger partial charge is 0.324 e. The molecule has 4 heteroatoms. The van der Waals surface area contributed by atoms with Gasteiger partial charge in [0.15, 0.2) is 0 Å². The SMILES string of the molecule is NC1CCCc2ccc3c(cc(C(F)(F)F)c4ccccc43)c21. The quantitative estimate of drug-likeness (QED) is 0.556. The molecule has 1 unspecified atom stereocenters. The normalized spacial score (nSPS) is 18.3. The third-order valence-electron chi connectivity index (χ3n) is 4.81. The zero-order valence-electron chi connectivity index (χ0n) is 12.5. The second-order valence-corrected chi connectivity index (χ2v) is 6.20. The summed E-state index contributed by atoms with van der Waals surface area (Å²) in [4.78, 5) is 0. The molecule has 0 saturated heterocycles. The number of nitrogens with two attached hydrogens (primary N) is 1. The number of alkyl halides is 3. The van der Waals surface area contributed by atoms with Crippen molar-refractivity contribution >= 4 is 21.5 Å². The van der Waals surface area contributed by atoms with Crippen molar-refractivity contribution in [2.75, 3.05) is 0 Å². The summed E-state index contributed by atoms with van der Waals surface area (Å²) in [5, 5.41) is 2.39. The van der Waals surface area contributed by atoms with E-state index < -0.39 is 11.7 Å². The topological polar surface area (TPSA) is 26.0 Å². The maximum Gasteiger partial charge on any atom is 0.417 e. The van der Waals surface area contributed by atoms with E-state index in [0.717, 1.165) is 35.8 Å². The molecule has 1 atom stereocenters. The Morgan fingerprint density at radius 1 is 0.913 bits per heavy atom. The summed E-state index contributed by atoms with van der Waals surface area (Å²) in [5.41, 5.74) is 7.63. The highest BCUT2D eigenvalue weighted by atomic mass is 19.4. The summed E-state index contributed by atoms with van der Waals surface area (Å²) in [6.07, 6.45) is -1.69. The number of hydrogen-bond acceptors (Lipinski definition) is 1. The molecular weight excluding hydrogens is 299 g/mol. The molecule has 3 aromatic rings. The monoisotopic (exact) mass is 315 g/mol. The Morgan fingerprint density at radius 3 is 2.35 bits per heavy atom. The van der Waals surface area contributed by atoms with Crippen molar-refractivity contribution in [3.8, 4) is 0 Å². The van der Waals surface area contributed by atoms with Crippen LogP contribution in [0.15, 0.2) is 42.5 Å². The van der Waals surface area contributed by atoms with E-state index >= 15 is 0 Å². The van der Waals surface area contributed by atoms with E-state index in [1.54, 1.807) is 18.2 Å². The van der Waals surface area contributed by atoms with E-state index in [1.165, 1.54) is 12.1 Å². The predicted molar refractivity (Wildman–Crippen MR) is 86.3 cm³/mol. The average Bonchev–Trinajstić information content (AvgIpc) is 2.52. The zero-order chi connectivity index (χ0) is 16.2. The van der Waals surface area contributed by atoms with Gasteiger partial charge in [0.1, 0.15) is 0 Å². The van der Waals surface area contributed by atoms with Gasteiger partial charge in [0, 0.05) is 6.04 Å². The van der Waals surface area contributed by atoms with Gasteiger partial charge >= 0.3 is 6.18 Å². The third-order valence-corrected chi connectivity index (χ3v) is 4.81. The Labute approximate surface area is 131 Å². The molecule has 118 valence electrons. The Kier molecular flexibility index (Phi) is 3.13. The van der Waals surface area contributed by atoms with Gasteiger partial charge in [-0.1, -0.05) is 36.4 Å². The molecule has 2 N–H and O–H groups in total. The van der Waals surface area contributed by atoms with Gasteiger partial charge in [-0.3, -0.25) is 0 Å². The lowest BCUT2D eigenvalue weighted by Crippen LogP contribution is -2.18. The van der Waals surface area contributed by atoms with Gasteiger partial charge in [0.25, 0.3) is 0 Å². The van der Waals surface area contributed by atoms with Crippen molar-refractivity contribution < 1.29 is 13.2 Å². The molecule has 0 fully saturated rings. The summed E-state index contributed by atoms with van der Waals surface area (Å²) in [5.74, 6) is 0. The highest BCUT2D eigenvalue weighted by Gasteiger charge is 2.34. The second-order valence-electron chi connectivity index (χ2n) is 6.20. The van der Waals surface area contributed by atoms with Crippen LogP contribution in [-0.4, -0.2) is 0 Å². The van der Waals surface area contributed by atoms with Crippen molar-refractivity contribution in [2.24, 2.45) is 5.73 Å². The fourth-order valence-electron chi connectivity index (χ4n) is 3.79. The van der Waals surface area contributed by atoms with E-state index in [1.807, 2.05) is 12.1 Å². The average molecular weight is 315 g/mol. The third kappa shape index (κ3) is 2.20. The lowest BCUT2D eigenvalue weighted by molar-refractivity contribution is -0.136. The van der Waals surface area contributed by atoms with E-state index in [9.17, 15) is 13.2 Å². The fraction of sp³-hybridized carbons (Fsp3) is 0.263. The highest BCUT2D eigenvalue weighted by Crippen LogP contribution is 2.42. The van der Waals surface area contributed by atoms with E-state index in [-0.39, 0.29) is 11.4 Å². The number of aryl methyl sites for hydroxylation is 1. The fourth-order valence-corrected chi connectivity index (χ4v) is 3.79. The Morgan fingerprint density at radius 2 is 1.61 bits per heavy atom. The van der Waals surface area contributed by atoms with Gasteiger partial charge in [-0.25, -0.2) is 0 Å². The lowest BCUT2D eigenvalue weighted by atomic mass is 9.83. The largest absolute Gasteiger partial charge is 0.417 e. The molecule has 1 nitrogen and oxygen atoms in total. The first-order valence-corrected chi connectivity index (χ1v) is 7.77. The molecule has 0 amide bonds. The Hall–Kier alpha value is -2.07. The molecular formula is C19H16F3N. The number of rotatable bonds is 0. The molecule has 0 heterocycles. The van der Waals surface area contributed by atoms with Gasteiger partial charge < -0.3 is 5.73 Å². The number of halogens is 3. The van der Waals surface area contributed by atoms with Crippen molar-refractivity contribution in [3.05, 3.63) is 59.2 Å². The molecule has 1 aliphatic rings. The van der Waals surface area contributed by atoms with Crippen LogP contribution >= 0.6 is 0 Å². The molecule has 0 aromatic heterocycles. The van der Waals surface area contributed by atoms with E-state index in [4.69, 9.17) is 5.73 Å². The molecule has 0 spiro atoms. The summed E-state index contributed by atoms with van der Waals surface area (Å²) >= 11 is 0. The van der Waals surface area contributed by atoms with Crippen LogP contribution in [0.3, 0.4) is 0 Å². The van der Waals surface area contributed by atoms with Crippen LogP contribution in [0.1, 0.15) is 35.6 Å². The minimum Gasteiger partial charge on any atom is -0.324 e. The zero-order valence-corrected chi connectivity index (χ0v) is 12.5. The van der Waals surface area contributed by atoms with Gasteiger partial charge in [-0.2, -0.15) is 13.2 Å². The first kappa shape index (κ1) is 14.5. The molecule has 0 bridgehead atoms. The predicted octanol–water partition coefficient (Wildman–Crippen LogP) is 5.35. The van der Waals surface area contributed by atoms with Crippen molar-refractivity contribution in [1.82, 2.24) is 0 Å². The van der Waals surface area contributed by atoms with Crippen LogP contribution in [0.2, 0.25) is 0 Å². The summed E-state index contributed by atoms with van der Waals surface area (Å²) in [6.45, 7) is 0. The molecule has 4 rings (SSSR count). The summed E-state index contributed by atoms with van der Waals surface area (Å²) < 4.78 is 40.6. The van der Waals surface area contributed by atoms with Gasteiger partial charge in [-0.15, -0.1) is 0 Å². The number of benzene rings is 3. The van der Waals surface area contributed by atoms with Crippen LogP contribution in [0, 0.1) is 0 Å². The maximum atomic E-state index is 13.5. The van der Waals surface area contributed by atoms with Gasteiger partial charge in [0.05, 0.1) is 5.56 Å². The summed E-state index contributed by atoms with van der Waals surface area (Å²) in [7, 11) is 0. The molecule has 0 radical (unpaired) electrons. The van der Waals surface area contributed by atoms with E-state index in [0.29, 0.717) is 10.8 Å². The van der Waals surface area contributed by atoms with Crippen LogP contribution in [-0.2, 0) is 12.6 Å². The molecule has 3 aromatic carbocycles. The van der Waals surface area contributed by atoms with Crippen molar-refractivity contribution in [1.29, 1.82) is 0 Å². The molecule has 23 heavy (non-hydrogen) atoms.